The van der Waals surface area contributed by atoms with Crippen molar-refractivity contribution >= 4 is 23.8 Å². The van der Waals surface area contributed by atoms with Crippen LogP contribution in [-0.2, 0) is 22.6 Å². The number of benzene rings is 2. The predicted molar refractivity (Wildman–Crippen MR) is 119 cm³/mol. The van der Waals surface area contributed by atoms with Crippen molar-refractivity contribution in [3.05, 3.63) is 65.7 Å². The van der Waals surface area contributed by atoms with E-state index in [9.17, 15) is 9.59 Å². The van der Waals surface area contributed by atoms with Crippen LogP contribution in [-0.4, -0.2) is 48.7 Å². The van der Waals surface area contributed by atoms with Crippen molar-refractivity contribution in [2.45, 2.75) is 38.0 Å². The Balaban J connectivity index is 1.52. The number of carbonyl (C=O) groups is 2. The van der Waals surface area contributed by atoms with E-state index in [-0.39, 0.29) is 12.1 Å². The second kappa shape index (κ2) is 11.6. The number of methoxy groups -OCH3 is 1. The largest absolute Gasteiger partial charge is 0.489 e. The van der Waals surface area contributed by atoms with Crippen LogP contribution < -0.4 is 15.4 Å². The first-order valence-electron chi connectivity index (χ1n) is 10.3. The fraction of sp³-hybridized carbons (Fsp3) is 0.391. The molecule has 1 atom stereocenters. The molecular formula is C23H28ClN3O4. The van der Waals surface area contributed by atoms with Gasteiger partial charge in [-0.05, 0) is 47.9 Å². The summed E-state index contributed by atoms with van der Waals surface area (Å²) in [6.45, 7) is 1.91. The summed E-state index contributed by atoms with van der Waals surface area (Å²) < 4.78 is 12.4. The van der Waals surface area contributed by atoms with Gasteiger partial charge < -0.3 is 20.1 Å². The molecule has 166 valence electrons. The summed E-state index contributed by atoms with van der Waals surface area (Å²) >= 11 is 5.95. The van der Waals surface area contributed by atoms with Crippen LogP contribution >= 0.6 is 11.8 Å². The first-order valence-corrected chi connectivity index (χ1v) is 10.7. The minimum absolute atomic E-state index is 0.0364. The van der Waals surface area contributed by atoms with Gasteiger partial charge in [-0.15, -0.1) is 0 Å². The fourth-order valence-corrected chi connectivity index (χ4v) is 3.61. The third-order valence-corrected chi connectivity index (χ3v) is 5.52. The molecule has 0 bridgehead atoms. The average molecular weight is 446 g/mol. The molecule has 2 N–H and O–H groups in total. The molecule has 0 aromatic heterocycles. The number of piperidine rings is 1. The molecule has 31 heavy (non-hydrogen) atoms. The van der Waals surface area contributed by atoms with Gasteiger partial charge in [-0.3, -0.25) is 0 Å². The zero-order valence-electron chi connectivity index (χ0n) is 17.6. The van der Waals surface area contributed by atoms with Crippen LogP contribution in [0.1, 0.15) is 24.0 Å². The number of hydrogen-bond donors (Lipinski definition) is 2. The molecule has 1 saturated heterocycles. The Labute approximate surface area is 187 Å². The van der Waals surface area contributed by atoms with Crippen molar-refractivity contribution in [1.29, 1.82) is 0 Å². The summed E-state index contributed by atoms with van der Waals surface area (Å²) in [6, 6.07) is 16.3. The number of carbonyl (C=O) groups excluding carboxylic acids is 2. The molecular weight excluding hydrogens is 418 g/mol. The fourth-order valence-electron chi connectivity index (χ4n) is 3.41. The summed E-state index contributed by atoms with van der Waals surface area (Å²) in [5.41, 5.74) is 1.97. The van der Waals surface area contributed by atoms with Gasteiger partial charge in [-0.2, -0.15) is 0 Å². The highest BCUT2D eigenvalue weighted by atomic mass is 35.5. The number of ether oxygens (including phenoxy) is 2. The van der Waals surface area contributed by atoms with E-state index >= 15 is 0 Å². The quantitative estimate of drug-likeness (QED) is 0.481. The normalized spacial score (nSPS) is 15.7. The topological polar surface area (TPSA) is 79.9 Å². The molecule has 0 aliphatic carbocycles. The number of hydrogen-bond acceptors (Lipinski definition) is 5. The number of urea groups is 1. The molecule has 1 fully saturated rings. The van der Waals surface area contributed by atoms with E-state index in [2.05, 4.69) is 10.6 Å². The summed E-state index contributed by atoms with van der Waals surface area (Å²) in [5, 5.41) is 5.65. The van der Waals surface area contributed by atoms with Crippen molar-refractivity contribution < 1.29 is 19.1 Å². The van der Waals surface area contributed by atoms with Gasteiger partial charge in [0.15, 0.2) is 0 Å². The van der Waals surface area contributed by atoms with E-state index in [1.165, 1.54) is 7.11 Å². The van der Waals surface area contributed by atoms with Gasteiger partial charge >= 0.3 is 12.0 Å². The van der Waals surface area contributed by atoms with Gasteiger partial charge in [0.25, 0.3) is 0 Å². The first-order chi connectivity index (χ1) is 15.0. The van der Waals surface area contributed by atoms with E-state index in [1.54, 1.807) is 4.42 Å². The van der Waals surface area contributed by atoms with Crippen LogP contribution in [0.2, 0.25) is 0 Å². The first kappa shape index (κ1) is 22.9. The number of halogens is 1. The molecule has 1 heterocycles. The van der Waals surface area contributed by atoms with Gasteiger partial charge in [-0.25, -0.2) is 14.0 Å². The highest BCUT2D eigenvalue weighted by Crippen LogP contribution is 2.16. The lowest BCUT2D eigenvalue weighted by Crippen LogP contribution is -2.51. The number of amides is 2. The third-order valence-electron chi connectivity index (χ3n) is 5.18. The minimum Gasteiger partial charge on any atom is -0.489 e. The predicted octanol–water partition coefficient (Wildman–Crippen LogP) is 3.27. The van der Waals surface area contributed by atoms with Gasteiger partial charge in [0, 0.05) is 25.6 Å². The van der Waals surface area contributed by atoms with E-state index in [4.69, 9.17) is 21.3 Å². The molecule has 8 heteroatoms. The number of rotatable bonds is 8. The summed E-state index contributed by atoms with van der Waals surface area (Å²) in [4.78, 5) is 24.6. The minimum atomic E-state index is -0.783. The molecule has 2 aromatic carbocycles. The van der Waals surface area contributed by atoms with Crippen LogP contribution in [0.4, 0.5) is 4.79 Å². The average Bonchev–Trinajstić information content (AvgIpc) is 2.80. The van der Waals surface area contributed by atoms with Crippen LogP contribution in [0.25, 0.3) is 0 Å². The highest BCUT2D eigenvalue weighted by Gasteiger charge is 2.24. The van der Waals surface area contributed by atoms with Gasteiger partial charge in [0.1, 0.15) is 18.4 Å². The lowest BCUT2D eigenvalue weighted by molar-refractivity contribution is -0.142. The Kier molecular flexibility index (Phi) is 8.55. The lowest BCUT2D eigenvalue weighted by atomic mass is 10.1. The van der Waals surface area contributed by atoms with Crippen LogP contribution in [0.5, 0.6) is 5.75 Å². The van der Waals surface area contributed by atoms with Gasteiger partial charge in [-0.1, -0.05) is 42.5 Å². The van der Waals surface area contributed by atoms with E-state index in [0.717, 1.165) is 29.7 Å². The smallest absolute Gasteiger partial charge is 0.328 e. The molecule has 0 spiro atoms. The van der Waals surface area contributed by atoms with Crippen molar-refractivity contribution in [3.63, 3.8) is 0 Å². The summed E-state index contributed by atoms with van der Waals surface area (Å²) in [6.07, 6.45) is 1.85. The third kappa shape index (κ3) is 7.45. The Morgan fingerprint density at radius 1 is 1.06 bits per heavy atom. The van der Waals surface area contributed by atoms with Crippen LogP contribution in [0, 0.1) is 0 Å². The maximum Gasteiger partial charge on any atom is 0.328 e. The molecule has 3 rings (SSSR count). The maximum atomic E-state index is 12.4. The highest BCUT2D eigenvalue weighted by molar-refractivity contribution is 6.13. The zero-order chi connectivity index (χ0) is 22.1. The number of nitrogens with zero attached hydrogens (tertiary/aromatic N) is 1. The number of nitrogens with one attached hydrogen (secondary N) is 2. The molecule has 2 aromatic rings. The van der Waals surface area contributed by atoms with Crippen molar-refractivity contribution in [1.82, 2.24) is 15.1 Å². The molecule has 2 amide bonds. The van der Waals surface area contributed by atoms with Crippen molar-refractivity contribution in [2.24, 2.45) is 0 Å². The molecule has 7 nitrogen and oxygen atoms in total. The Morgan fingerprint density at radius 3 is 2.39 bits per heavy atom. The Bertz CT molecular complexity index is 840. The Morgan fingerprint density at radius 2 is 1.74 bits per heavy atom. The Hall–Kier alpha value is -2.77. The molecule has 0 radical (unpaired) electrons. The van der Waals surface area contributed by atoms with Crippen molar-refractivity contribution in [3.8, 4) is 5.75 Å². The number of esters is 1. The second-order valence-electron chi connectivity index (χ2n) is 7.50. The van der Waals surface area contributed by atoms with E-state index in [1.807, 2.05) is 54.6 Å². The van der Waals surface area contributed by atoms with E-state index in [0.29, 0.717) is 26.1 Å². The van der Waals surface area contributed by atoms with E-state index < -0.39 is 12.0 Å². The standard InChI is InChI=1S/C23H28ClN3O4/c1-30-22(28)21(26-23(29)25-19-11-13-27(24)14-12-19)15-17-7-9-20(10-8-17)31-16-18-5-3-2-4-6-18/h2-10,19,21H,11-16H2,1H3,(H2,25,26,29)/t21-/m0/s1. The summed E-state index contributed by atoms with van der Waals surface area (Å²) in [5.74, 6) is 0.244. The van der Waals surface area contributed by atoms with Crippen molar-refractivity contribution in [2.75, 3.05) is 20.2 Å². The zero-order valence-corrected chi connectivity index (χ0v) is 18.3. The summed E-state index contributed by atoms with van der Waals surface area (Å²) in [7, 11) is 1.31. The monoisotopic (exact) mass is 445 g/mol. The second-order valence-corrected chi connectivity index (χ2v) is 7.98. The molecule has 0 saturated carbocycles. The van der Waals surface area contributed by atoms with Crippen LogP contribution in [0.15, 0.2) is 54.6 Å². The molecule has 1 aliphatic heterocycles. The maximum absolute atomic E-state index is 12.4. The molecule has 0 unspecified atom stereocenters. The van der Waals surface area contributed by atoms with Gasteiger partial charge in [0.05, 0.1) is 7.11 Å². The SMILES string of the molecule is COC(=O)[C@H](Cc1ccc(OCc2ccccc2)cc1)NC(=O)NC1CCN(Cl)CC1. The van der Waals surface area contributed by atoms with Crippen LogP contribution in [0.3, 0.4) is 0 Å². The van der Waals surface area contributed by atoms with Gasteiger partial charge in [0.2, 0.25) is 0 Å². The lowest BCUT2D eigenvalue weighted by Gasteiger charge is -2.28. The molecule has 1 aliphatic rings.